The van der Waals surface area contributed by atoms with Crippen molar-refractivity contribution in [2.24, 2.45) is 0 Å². The number of carbonyl (C=O) groups is 1. The summed E-state index contributed by atoms with van der Waals surface area (Å²) in [7, 11) is 1.61. The third-order valence-electron chi connectivity index (χ3n) is 2.94. The van der Waals surface area contributed by atoms with Gasteiger partial charge in [-0.25, -0.2) is 9.78 Å². The Labute approximate surface area is 112 Å². The Bertz CT molecular complexity index is 418. The van der Waals surface area contributed by atoms with Crippen molar-refractivity contribution in [2.75, 3.05) is 33.5 Å². The Kier molecular flexibility index (Phi) is 5.30. The van der Waals surface area contributed by atoms with E-state index in [4.69, 9.17) is 14.2 Å². The van der Waals surface area contributed by atoms with Crippen molar-refractivity contribution in [3.05, 3.63) is 29.6 Å². The molecule has 0 radical (unpaired) electrons. The van der Waals surface area contributed by atoms with Gasteiger partial charge >= 0.3 is 5.97 Å². The predicted molar refractivity (Wildman–Crippen MR) is 69.2 cm³/mol. The lowest BCUT2D eigenvalue weighted by Gasteiger charge is -2.08. The molecule has 0 N–H and O–H groups in total. The maximum absolute atomic E-state index is 11.9. The van der Waals surface area contributed by atoms with Crippen LogP contribution in [0.5, 0.6) is 0 Å². The standard InChI is InChI=1S/C14H19NO4/c1-17-7-8-18-9-10-19-14(16)13-12(11-4-5-11)3-2-6-15-13/h2-3,6,11H,4-5,7-10H2,1H3. The SMILES string of the molecule is COCCOCCOC(=O)c1ncccc1C1CC1. The average Bonchev–Trinajstić information content (AvgIpc) is 3.27. The first-order valence-corrected chi connectivity index (χ1v) is 6.51. The van der Waals surface area contributed by atoms with Gasteiger partial charge in [-0.2, -0.15) is 0 Å². The van der Waals surface area contributed by atoms with Crippen LogP contribution < -0.4 is 0 Å². The van der Waals surface area contributed by atoms with E-state index in [1.807, 2.05) is 12.1 Å². The minimum atomic E-state index is -0.363. The van der Waals surface area contributed by atoms with E-state index in [2.05, 4.69) is 4.98 Å². The molecule has 1 saturated carbocycles. The first-order chi connectivity index (χ1) is 9.33. The summed E-state index contributed by atoms with van der Waals surface area (Å²) in [5.41, 5.74) is 1.45. The Hall–Kier alpha value is -1.46. The van der Waals surface area contributed by atoms with E-state index in [1.54, 1.807) is 13.3 Å². The van der Waals surface area contributed by atoms with Gasteiger partial charge in [-0.3, -0.25) is 0 Å². The maximum atomic E-state index is 11.9. The lowest BCUT2D eigenvalue weighted by Crippen LogP contribution is -2.15. The highest BCUT2D eigenvalue weighted by Gasteiger charge is 2.29. The summed E-state index contributed by atoms with van der Waals surface area (Å²) >= 11 is 0. The molecule has 0 unspecified atom stereocenters. The molecular formula is C14H19NO4. The second-order valence-electron chi connectivity index (χ2n) is 4.46. The van der Waals surface area contributed by atoms with E-state index >= 15 is 0 Å². The highest BCUT2D eigenvalue weighted by Crippen LogP contribution is 2.41. The molecule has 0 saturated heterocycles. The second-order valence-corrected chi connectivity index (χ2v) is 4.46. The van der Waals surface area contributed by atoms with Crippen molar-refractivity contribution >= 4 is 5.97 Å². The summed E-state index contributed by atoms with van der Waals surface area (Å²) in [6, 6.07) is 3.81. The Balaban J connectivity index is 1.77. The van der Waals surface area contributed by atoms with Crippen LogP contribution in [0.4, 0.5) is 0 Å². The molecule has 0 aromatic carbocycles. The van der Waals surface area contributed by atoms with Gasteiger partial charge in [0.15, 0.2) is 5.69 Å². The molecule has 1 aromatic heterocycles. The third kappa shape index (κ3) is 4.29. The van der Waals surface area contributed by atoms with Gasteiger partial charge in [0, 0.05) is 13.3 Å². The third-order valence-corrected chi connectivity index (χ3v) is 2.94. The van der Waals surface area contributed by atoms with Gasteiger partial charge < -0.3 is 14.2 Å². The summed E-state index contributed by atoms with van der Waals surface area (Å²) in [6.07, 6.45) is 3.88. The molecule has 0 spiro atoms. The van der Waals surface area contributed by atoms with Crippen molar-refractivity contribution in [3.8, 4) is 0 Å². The molecule has 5 heteroatoms. The molecule has 0 amide bonds. The van der Waals surface area contributed by atoms with Gasteiger partial charge in [-0.05, 0) is 30.4 Å². The molecule has 1 aliphatic rings. The number of rotatable bonds is 8. The van der Waals surface area contributed by atoms with Crippen LogP contribution in [0.1, 0.15) is 34.8 Å². The summed E-state index contributed by atoms with van der Waals surface area (Å²) in [6.45, 7) is 1.66. The number of pyridine rings is 1. The van der Waals surface area contributed by atoms with E-state index in [0.717, 1.165) is 18.4 Å². The topological polar surface area (TPSA) is 57.7 Å². The highest BCUT2D eigenvalue weighted by molar-refractivity contribution is 5.89. The molecular weight excluding hydrogens is 246 g/mol. The van der Waals surface area contributed by atoms with E-state index in [-0.39, 0.29) is 12.6 Å². The zero-order valence-corrected chi connectivity index (χ0v) is 11.1. The fourth-order valence-electron chi connectivity index (χ4n) is 1.82. The Morgan fingerprint density at radius 2 is 2.11 bits per heavy atom. The van der Waals surface area contributed by atoms with Crippen molar-refractivity contribution < 1.29 is 19.0 Å². The maximum Gasteiger partial charge on any atom is 0.357 e. The zero-order valence-electron chi connectivity index (χ0n) is 11.1. The first kappa shape index (κ1) is 14.0. The summed E-state index contributed by atoms with van der Waals surface area (Å²) in [5.74, 6) is 0.118. The Morgan fingerprint density at radius 3 is 2.84 bits per heavy atom. The van der Waals surface area contributed by atoms with Crippen LogP contribution in [0, 0.1) is 0 Å². The number of hydrogen-bond acceptors (Lipinski definition) is 5. The molecule has 0 bridgehead atoms. The van der Waals surface area contributed by atoms with Crippen molar-refractivity contribution in [1.82, 2.24) is 4.98 Å². The highest BCUT2D eigenvalue weighted by atomic mass is 16.6. The Morgan fingerprint density at radius 1 is 1.32 bits per heavy atom. The van der Waals surface area contributed by atoms with E-state index in [9.17, 15) is 4.79 Å². The first-order valence-electron chi connectivity index (χ1n) is 6.51. The van der Waals surface area contributed by atoms with Crippen molar-refractivity contribution in [2.45, 2.75) is 18.8 Å². The molecule has 0 aliphatic heterocycles. The van der Waals surface area contributed by atoms with Crippen LogP contribution in [0.15, 0.2) is 18.3 Å². The van der Waals surface area contributed by atoms with Crippen LogP contribution >= 0.6 is 0 Å². The van der Waals surface area contributed by atoms with Gasteiger partial charge in [-0.15, -0.1) is 0 Å². The van der Waals surface area contributed by atoms with Gasteiger partial charge in [0.1, 0.15) is 6.61 Å². The number of aromatic nitrogens is 1. The summed E-state index contributed by atoms with van der Waals surface area (Å²) in [4.78, 5) is 16.1. The number of esters is 1. The van der Waals surface area contributed by atoms with Crippen LogP contribution in [-0.4, -0.2) is 44.5 Å². The second kappa shape index (κ2) is 7.21. The normalized spacial score (nSPS) is 14.4. The number of hydrogen-bond donors (Lipinski definition) is 0. The lowest BCUT2D eigenvalue weighted by atomic mass is 10.1. The minimum Gasteiger partial charge on any atom is -0.459 e. The fraction of sp³-hybridized carbons (Fsp3) is 0.571. The molecule has 0 atom stereocenters. The molecule has 1 aromatic rings. The minimum absolute atomic E-state index is 0.239. The van der Waals surface area contributed by atoms with Crippen LogP contribution in [0.25, 0.3) is 0 Å². The molecule has 1 heterocycles. The van der Waals surface area contributed by atoms with Gasteiger partial charge in [0.05, 0.1) is 19.8 Å². The van der Waals surface area contributed by atoms with E-state index < -0.39 is 0 Å². The monoisotopic (exact) mass is 265 g/mol. The van der Waals surface area contributed by atoms with Gasteiger partial charge in [-0.1, -0.05) is 6.07 Å². The fourth-order valence-corrected chi connectivity index (χ4v) is 1.82. The van der Waals surface area contributed by atoms with Gasteiger partial charge in [0.2, 0.25) is 0 Å². The number of nitrogens with zero attached hydrogens (tertiary/aromatic N) is 1. The molecule has 5 nitrogen and oxygen atoms in total. The number of ether oxygens (including phenoxy) is 3. The molecule has 1 aliphatic carbocycles. The van der Waals surface area contributed by atoms with E-state index in [1.165, 1.54) is 0 Å². The average molecular weight is 265 g/mol. The van der Waals surface area contributed by atoms with Crippen molar-refractivity contribution in [3.63, 3.8) is 0 Å². The molecule has 104 valence electrons. The summed E-state index contributed by atoms with van der Waals surface area (Å²) < 4.78 is 15.2. The smallest absolute Gasteiger partial charge is 0.357 e. The van der Waals surface area contributed by atoms with Crippen LogP contribution in [0.3, 0.4) is 0 Å². The van der Waals surface area contributed by atoms with Crippen LogP contribution in [0.2, 0.25) is 0 Å². The number of carbonyl (C=O) groups excluding carboxylic acids is 1. The van der Waals surface area contributed by atoms with Crippen LogP contribution in [-0.2, 0) is 14.2 Å². The van der Waals surface area contributed by atoms with Gasteiger partial charge in [0.25, 0.3) is 0 Å². The number of methoxy groups -OCH3 is 1. The molecule has 1 fully saturated rings. The predicted octanol–water partition coefficient (Wildman–Crippen LogP) is 1.78. The van der Waals surface area contributed by atoms with Crippen molar-refractivity contribution in [1.29, 1.82) is 0 Å². The van der Waals surface area contributed by atoms with E-state index in [0.29, 0.717) is 31.4 Å². The molecule has 19 heavy (non-hydrogen) atoms. The molecule has 2 rings (SSSR count). The quantitative estimate of drug-likeness (QED) is 0.529. The zero-order chi connectivity index (χ0) is 13.5. The lowest BCUT2D eigenvalue weighted by molar-refractivity contribution is 0.0208. The summed E-state index contributed by atoms with van der Waals surface area (Å²) in [5, 5.41) is 0. The largest absolute Gasteiger partial charge is 0.459 e.